The number of piperazine rings is 1. The van der Waals surface area contributed by atoms with Gasteiger partial charge in [0, 0.05) is 44.5 Å². The van der Waals surface area contributed by atoms with Crippen LogP contribution in [0.5, 0.6) is 0 Å². The average Bonchev–Trinajstić information content (AvgIpc) is 2.90. The predicted octanol–water partition coefficient (Wildman–Crippen LogP) is 2.02. The van der Waals surface area contributed by atoms with E-state index in [4.69, 9.17) is 10.5 Å². The van der Waals surface area contributed by atoms with Crippen molar-refractivity contribution in [2.24, 2.45) is 5.92 Å². The highest BCUT2D eigenvalue weighted by molar-refractivity contribution is 7.13. The van der Waals surface area contributed by atoms with E-state index in [1.54, 1.807) is 11.3 Å². The summed E-state index contributed by atoms with van der Waals surface area (Å²) in [4.78, 5) is 9.15. The Balaban J connectivity index is 1.79. The fraction of sp³-hybridized carbons (Fsp3) is 0.643. The van der Waals surface area contributed by atoms with Crippen LogP contribution in [0.25, 0.3) is 0 Å². The molecular formula is C14H19N5S. The Kier molecular flexibility index (Phi) is 5.34. The van der Waals surface area contributed by atoms with Gasteiger partial charge in [0.15, 0.2) is 5.13 Å². The molecule has 0 aromatic carbocycles. The molecule has 0 N–H and O–H groups in total. The fourth-order valence-corrected chi connectivity index (χ4v) is 3.21. The topological polar surface area (TPSA) is 67.0 Å². The normalized spacial score (nSPS) is 17.4. The van der Waals surface area contributed by atoms with E-state index in [2.05, 4.69) is 32.3 Å². The first kappa shape index (κ1) is 14.8. The number of nitrogens with zero attached hydrogens (tertiary/aromatic N) is 5. The molecule has 2 heterocycles. The van der Waals surface area contributed by atoms with Crippen molar-refractivity contribution >= 4 is 16.5 Å². The van der Waals surface area contributed by atoms with Gasteiger partial charge in [-0.1, -0.05) is 0 Å². The summed E-state index contributed by atoms with van der Waals surface area (Å²) in [5.74, 6) is -0.0247. The number of nitriles is 2. The second kappa shape index (κ2) is 7.23. The van der Waals surface area contributed by atoms with Crippen LogP contribution in [0.2, 0.25) is 0 Å². The lowest BCUT2D eigenvalue weighted by Gasteiger charge is -2.35. The molecule has 1 aliphatic rings. The van der Waals surface area contributed by atoms with Crippen molar-refractivity contribution in [1.29, 1.82) is 10.5 Å². The molecule has 1 atom stereocenters. The minimum atomic E-state index is -0.0247. The molecule has 6 heteroatoms. The molecule has 0 radical (unpaired) electrons. The lowest BCUT2D eigenvalue weighted by Crippen LogP contribution is -2.47. The Morgan fingerprint density at radius 3 is 2.65 bits per heavy atom. The quantitative estimate of drug-likeness (QED) is 0.829. The summed E-state index contributed by atoms with van der Waals surface area (Å²) in [6.07, 6.45) is 1.15. The molecule has 0 amide bonds. The molecule has 1 unspecified atom stereocenters. The van der Waals surface area contributed by atoms with Gasteiger partial charge in [-0.2, -0.15) is 10.5 Å². The third kappa shape index (κ3) is 3.93. The van der Waals surface area contributed by atoms with Gasteiger partial charge >= 0.3 is 0 Å². The molecular weight excluding hydrogens is 270 g/mol. The lowest BCUT2D eigenvalue weighted by molar-refractivity contribution is 0.233. The van der Waals surface area contributed by atoms with Gasteiger partial charge in [-0.05, 0) is 13.3 Å². The van der Waals surface area contributed by atoms with Crippen molar-refractivity contribution < 1.29 is 0 Å². The van der Waals surface area contributed by atoms with Gasteiger partial charge in [-0.15, -0.1) is 11.3 Å². The monoisotopic (exact) mass is 289 g/mol. The van der Waals surface area contributed by atoms with E-state index in [0.29, 0.717) is 12.8 Å². The van der Waals surface area contributed by atoms with Gasteiger partial charge in [0.1, 0.15) is 0 Å². The van der Waals surface area contributed by atoms with Gasteiger partial charge in [0.05, 0.1) is 23.8 Å². The molecule has 106 valence electrons. The second-order valence-corrected chi connectivity index (χ2v) is 5.92. The highest BCUT2D eigenvalue weighted by Gasteiger charge is 2.21. The Morgan fingerprint density at radius 1 is 1.35 bits per heavy atom. The maximum absolute atomic E-state index is 9.11. The van der Waals surface area contributed by atoms with Gasteiger partial charge in [0.25, 0.3) is 0 Å². The largest absolute Gasteiger partial charge is 0.346 e. The summed E-state index contributed by atoms with van der Waals surface area (Å²) < 4.78 is 0. The highest BCUT2D eigenvalue weighted by atomic mass is 32.1. The number of rotatable bonds is 5. The molecule has 0 bridgehead atoms. The van der Waals surface area contributed by atoms with Gasteiger partial charge in [0.2, 0.25) is 0 Å². The zero-order valence-electron chi connectivity index (χ0n) is 11.7. The smallest absolute Gasteiger partial charge is 0.185 e. The molecule has 0 spiro atoms. The molecule has 1 aromatic heterocycles. The van der Waals surface area contributed by atoms with Crippen molar-refractivity contribution in [3.05, 3.63) is 11.1 Å². The van der Waals surface area contributed by atoms with Crippen LogP contribution in [0.3, 0.4) is 0 Å². The first-order valence-corrected chi connectivity index (χ1v) is 7.77. The standard InChI is InChI=1S/C14H19N5S/c1-12-11-20-14(17-12)19-7-5-18(6-8-19)10-13(9-16)3-2-4-15/h11,13H,2-3,5-8,10H2,1H3. The van der Waals surface area contributed by atoms with Crippen LogP contribution in [-0.4, -0.2) is 42.6 Å². The van der Waals surface area contributed by atoms with E-state index in [1.165, 1.54) is 0 Å². The van der Waals surface area contributed by atoms with Crippen molar-refractivity contribution in [3.63, 3.8) is 0 Å². The minimum absolute atomic E-state index is 0.0247. The number of anilines is 1. The van der Waals surface area contributed by atoms with E-state index in [1.807, 2.05) is 6.92 Å². The Labute approximate surface area is 124 Å². The first-order chi connectivity index (χ1) is 9.72. The molecule has 20 heavy (non-hydrogen) atoms. The SMILES string of the molecule is Cc1csc(N2CCN(CC(C#N)CCC#N)CC2)n1. The van der Waals surface area contributed by atoms with Crippen LogP contribution in [0.1, 0.15) is 18.5 Å². The van der Waals surface area contributed by atoms with E-state index in [0.717, 1.165) is 43.5 Å². The average molecular weight is 289 g/mol. The first-order valence-electron chi connectivity index (χ1n) is 6.89. The number of hydrogen-bond acceptors (Lipinski definition) is 6. The molecule has 1 fully saturated rings. The summed E-state index contributed by atoms with van der Waals surface area (Å²) in [7, 11) is 0. The van der Waals surface area contributed by atoms with Crippen molar-refractivity contribution in [1.82, 2.24) is 9.88 Å². The van der Waals surface area contributed by atoms with Crippen LogP contribution < -0.4 is 4.90 Å². The maximum atomic E-state index is 9.11. The summed E-state index contributed by atoms with van der Waals surface area (Å²) >= 11 is 1.69. The number of aryl methyl sites for hydroxylation is 1. The Morgan fingerprint density at radius 2 is 2.10 bits per heavy atom. The summed E-state index contributed by atoms with van der Waals surface area (Å²) in [6, 6.07) is 4.43. The summed E-state index contributed by atoms with van der Waals surface area (Å²) in [6.45, 7) is 6.64. The Bertz CT molecular complexity index is 504. The van der Waals surface area contributed by atoms with E-state index < -0.39 is 0 Å². The van der Waals surface area contributed by atoms with Gasteiger partial charge < -0.3 is 4.90 Å². The van der Waals surface area contributed by atoms with Crippen LogP contribution in [-0.2, 0) is 0 Å². The van der Waals surface area contributed by atoms with Crippen molar-refractivity contribution in [2.45, 2.75) is 19.8 Å². The summed E-state index contributed by atoms with van der Waals surface area (Å²) in [5, 5.41) is 20.9. The molecule has 5 nitrogen and oxygen atoms in total. The summed E-state index contributed by atoms with van der Waals surface area (Å²) in [5.41, 5.74) is 1.08. The fourth-order valence-electron chi connectivity index (χ4n) is 2.36. The zero-order valence-corrected chi connectivity index (χ0v) is 12.6. The third-order valence-electron chi connectivity index (χ3n) is 3.52. The van der Waals surface area contributed by atoms with E-state index in [-0.39, 0.29) is 5.92 Å². The lowest BCUT2D eigenvalue weighted by atomic mass is 10.0. The maximum Gasteiger partial charge on any atom is 0.185 e. The van der Waals surface area contributed by atoms with Gasteiger partial charge in [-0.25, -0.2) is 4.98 Å². The second-order valence-electron chi connectivity index (χ2n) is 5.08. The number of hydrogen-bond donors (Lipinski definition) is 0. The van der Waals surface area contributed by atoms with Crippen LogP contribution in [0.4, 0.5) is 5.13 Å². The van der Waals surface area contributed by atoms with Crippen LogP contribution in [0.15, 0.2) is 5.38 Å². The zero-order chi connectivity index (χ0) is 14.4. The highest BCUT2D eigenvalue weighted by Crippen LogP contribution is 2.21. The van der Waals surface area contributed by atoms with Gasteiger partial charge in [-0.3, -0.25) is 4.90 Å². The van der Waals surface area contributed by atoms with Crippen molar-refractivity contribution in [3.8, 4) is 12.1 Å². The van der Waals surface area contributed by atoms with Crippen molar-refractivity contribution in [2.75, 3.05) is 37.6 Å². The minimum Gasteiger partial charge on any atom is -0.346 e. The Hall–Kier alpha value is -1.63. The molecule has 1 aromatic rings. The third-order valence-corrected chi connectivity index (χ3v) is 4.53. The van der Waals surface area contributed by atoms with Crippen LogP contribution >= 0.6 is 11.3 Å². The molecule has 0 saturated carbocycles. The predicted molar refractivity (Wildman–Crippen MR) is 79.5 cm³/mol. The molecule has 2 rings (SSSR count). The number of aromatic nitrogens is 1. The van der Waals surface area contributed by atoms with E-state index in [9.17, 15) is 0 Å². The molecule has 1 saturated heterocycles. The molecule has 0 aliphatic carbocycles. The van der Waals surface area contributed by atoms with E-state index >= 15 is 0 Å². The van der Waals surface area contributed by atoms with Crippen LogP contribution in [0, 0.1) is 35.5 Å². The molecule has 1 aliphatic heterocycles. The number of thiazole rings is 1.